The van der Waals surface area contributed by atoms with Gasteiger partial charge in [-0.05, 0) is 64.2 Å². The molecule has 1 aliphatic heterocycles. The van der Waals surface area contributed by atoms with Gasteiger partial charge in [0.1, 0.15) is 5.60 Å². The monoisotopic (exact) mass is 395 g/mol. The zero-order valence-corrected chi connectivity index (χ0v) is 16.7. The Balaban J connectivity index is 2.20. The number of nitrogens with zero attached hydrogens (tertiary/aromatic N) is 1. The molecule has 2 rings (SSSR count). The fourth-order valence-electron chi connectivity index (χ4n) is 3.34. The van der Waals surface area contributed by atoms with Crippen LogP contribution in [-0.4, -0.2) is 35.7 Å². The molecular formula is C21H27F2NO4. The number of esters is 1. The number of benzene rings is 1. The van der Waals surface area contributed by atoms with E-state index in [1.54, 1.807) is 31.7 Å². The number of rotatable bonds is 5. The Labute approximate surface area is 164 Å². The molecule has 154 valence electrons. The summed E-state index contributed by atoms with van der Waals surface area (Å²) in [7, 11) is 1.31. The van der Waals surface area contributed by atoms with Crippen molar-refractivity contribution in [2.24, 2.45) is 0 Å². The lowest BCUT2D eigenvalue weighted by Gasteiger charge is -2.33. The van der Waals surface area contributed by atoms with Gasteiger partial charge in [-0.15, -0.1) is 0 Å². The number of amides is 1. The molecule has 0 aliphatic carbocycles. The third kappa shape index (κ3) is 5.78. The Kier molecular flexibility index (Phi) is 7.16. The molecule has 5 nitrogen and oxygen atoms in total. The Bertz CT molecular complexity index is 742. The lowest BCUT2D eigenvalue weighted by atomic mass is 10.0. The Morgan fingerprint density at radius 2 is 1.93 bits per heavy atom. The van der Waals surface area contributed by atoms with E-state index in [0.717, 1.165) is 12.1 Å². The summed E-state index contributed by atoms with van der Waals surface area (Å²) in [5, 5.41) is 0. The highest BCUT2D eigenvalue weighted by Gasteiger charge is 2.39. The van der Waals surface area contributed by atoms with Gasteiger partial charge in [0.15, 0.2) is 11.6 Å². The molecule has 0 radical (unpaired) electrons. The Hall–Kier alpha value is -2.44. The molecule has 2 atom stereocenters. The summed E-state index contributed by atoms with van der Waals surface area (Å²) in [6.45, 7) is 5.34. The molecule has 0 unspecified atom stereocenters. The summed E-state index contributed by atoms with van der Waals surface area (Å²) in [6, 6.07) is 3.19. The summed E-state index contributed by atoms with van der Waals surface area (Å²) in [4.78, 5) is 25.6. The fourth-order valence-corrected chi connectivity index (χ4v) is 3.34. The predicted octanol–water partition coefficient (Wildman–Crippen LogP) is 4.91. The van der Waals surface area contributed by atoms with Gasteiger partial charge in [0.2, 0.25) is 0 Å². The lowest BCUT2D eigenvalue weighted by Crippen LogP contribution is -2.41. The molecule has 0 spiro atoms. The van der Waals surface area contributed by atoms with Crippen LogP contribution in [0.15, 0.2) is 30.4 Å². The molecule has 0 bridgehead atoms. The molecule has 1 aromatic rings. The van der Waals surface area contributed by atoms with Crippen molar-refractivity contribution < 1.29 is 27.8 Å². The van der Waals surface area contributed by atoms with Crippen LogP contribution >= 0.6 is 0 Å². The molecule has 0 N–H and O–H groups in total. The molecule has 1 amide bonds. The van der Waals surface area contributed by atoms with E-state index < -0.39 is 29.3 Å². The number of methoxy groups -OCH3 is 1. The second kappa shape index (κ2) is 9.17. The largest absolute Gasteiger partial charge is 0.466 e. The zero-order valence-electron chi connectivity index (χ0n) is 16.7. The minimum atomic E-state index is -0.939. The van der Waals surface area contributed by atoms with E-state index in [0.29, 0.717) is 31.2 Å². The predicted molar refractivity (Wildman–Crippen MR) is 101 cm³/mol. The van der Waals surface area contributed by atoms with Gasteiger partial charge in [-0.1, -0.05) is 12.1 Å². The first-order chi connectivity index (χ1) is 13.1. The molecule has 0 saturated carbocycles. The van der Waals surface area contributed by atoms with Crippen LogP contribution in [0.2, 0.25) is 0 Å². The van der Waals surface area contributed by atoms with E-state index in [1.165, 1.54) is 19.3 Å². The topological polar surface area (TPSA) is 55.8 Å². The van der Waals surface area contributed by atoms with Crippen molar-refractivity contribution in [1.29, 1.82) is 0 Å². The van der Waals surface area contributed by atoms with Gasteiger partial charge in [0, 0.05) is 12.1 Å². The van der Waals surface area contributed by atoms with E-state index in [1.807, 2.05) is 0 Å². The van der Waals surface area contributed by atoms with Crippen molar-refractivity contribution >= 4 is 12.1 Å². The molecule has 1 saturated heterocycles. The maximum atomic E-state index is 13.7. The first-order valence-electron chi connectivity index (χ1n) is 9.33. The molecule has 1 heterocycles. The molecule has 1 aromatic carbocycles. The number of hydrogen-bond donors (Lipinski definition) is 0. The van der Waals surface area contributed by atoms with Gasteiger partial charge in [-0.25, -0.2) is 18.4 Å². The second-order valence-corrected chi connectivity index (χ2v) is 7.81. The average molecular weight is 395 g/mol. The standard InChI is InChI=1S/C21H27F2NO4/c1-21(2,3)28-20(26)24-15(7-5-6-8-19(25)27-4)10-12-18(24)14-9-11-16(22)17(23)13-14/h6,8-9,11,13,15,18H,5,7,10,12H2,1-4H3/t15-,18-/m0/s1. The van der Waals surface area contributed by atoms with Crippen LogP contribution in [0.4, 0.5) is 13.6 Å². The Morgan fingerprint density at radius 1 is 1.21 bits per heavy atom. The molecular weight excluding hydrogens is 368 g/mol. The van der Waals surface area contributed by atoms with Gasteiger partial charge < -0.3 is 9.47 Å². The maximum absolute atomic E-state index is 13.7. The first kappa shape index (κ1) is 21.9. The Morgan fingerprint density at radius 3 is 2.54 bits per heavy atom. The third-order valence-corrected chi connectivity index (χ3v) is 4.56. The number of allylic oxidation sites excluding steroid dienone is 1. The summed E-state index contributed by atoms with van der Waals surface area (Å²) < 4.78 is 37.1. The minimum absolute atomic E-state index is 0.129. The number of carbonyl (C=O) groups is 2. The van der Waals surface area contributed by atoms with Crippen LogP contribution in [0.3, 0.4) is 0 Å². The molecule has 1 fully saturated rings. The van der Waals surface area contributed by atoms with Gasteiger partial charge in [0.25, 0.3) is 0 Å². The van der Waals surface area contributed by atoms with Gasteiger partial charge in [-0.3, -0.25) is 4.90 Å². The van der Waals surface area contributed by atoms with Crippen LogP contribution < -0.4 is 0 Å². The molecule has 28 heavy (non-hydrogen) atoms. The van der Waals surface area contributed by atoms with Crippen molar-refractivity contribution in [2.45, 2.75) is 64.1 Å². The average Bonchev–Trinajstić information content (AvgIpc) is 3.03. The first-order valence-corrected chi connectivity index (χ1v) is 9.33. The highest BCUT2D eigenvalue weighted by molar-refractivity contribution is 5.81. The van der Waals surface area contributed by atoms with Crippen LogP contribution in [-0.2, 0) is 14.3 Å². The van der Waals surface area contributed by atoms with Gasteiger partial charge in [0.05, 0.1) is 13.2 Å². The third-order valence-electron chi connectivity index (χ3n) is 4.56. The minimum Gasteiger partial charge on any atom is -0.466 e. The van der Waals surface area contributed by atoms with E-state index in [4.69, 9.17) is 4.74 Å². The number of likely N-dealkylation sites (tertiary alicyclic amines) is 1. The summed E-state index contributed by atoms with van der Waals surface area (Å²) in [5.74, 6) is -2.30. The van der Waals surface area contributed by atoms with Gasteiger partial charge in [-0.2, -0.15) is 0 Å². The van der Waals surface area contributed by atoms with E-state index >= 15 is 0 Å². The van der Waals surface area contributed by atoms with E-state index in [9.17, 15) is 18.4 Å². The van der Waals surface area contributed by atoms with Crippen molar-refractivity contribution in [2.75, 3.05) is 7.11 Å². The maximum Gasteiger partial charge on any atom is 0.411 e. The fraction of sp³-hybridized carbons (Fsp3) is 0.524. The number of halogens is 2. The number of ether oxygens (including phenoxy) is 2. The van der Waals surface area contributed by atoms with Crippen molar-refractivity contribution in [3.63, 3.8) is 0 Å². The summed E-state index contributed by atoms with van der Waals surface area (Å²) in [6.07, 6.45) is 5.08. The lowest BCUT2D eigenvalue weighted by molar-refractivity contribution is -0.134. The quantitative estimate of drug-likeness (QED) is 0.525. The number of carbonyl (C=O) groups excluding carboxylic acids is 2. The molecule has 0 aromatic heterocycles. The van der Waals surface area contributed by atoms with Crippen LogP contribution in [0.25, 0.3) is 0 Å². The SMILES string of the molecule is COC(=O)C=CCC[C@H]1CC[C@@H](c2ccc(F)c(F)c2)N1C(=O)OC(C)(C)C. The summed E-state index contributed by atoms with van der Waals surface area (Å²) in [5.41, 5.74) is -0.134. The smallest absolute Gasteiger partial charge is 0.411 e. The zero-order chi connectivity index (χ0) is 20.9. The van der Waals surface area contributed by atoms with Crippen LogP contribution in [0, 0.1) is 11.6 Å². The van der Waals surface area contributed by atoms with Crippen LogP contribution in [0.1, 0.15) is 58.1 Å². The second-order valence-electron chi connectivity index (χ2n) is 7.81. The van der Waals surface area contributed by atoms with Gasteiger partial charge >= 0.3 is 12.1 Å². The van der Waals surface area contributed by atoms with E-state index in [2.05, 4.69) is 4.74 Å². The van der Waals surface area contributed by atoms with Crippen LogP contribution in [0.5, 0.6) is 0 Å². The van der Waals surface area contributed by atoms with Crippen molar-refractivity contribution in [3.05, 3.63) is 47.5 Å². The van der Waals surface area contributed by atoms with E-state index in [-0.39, 0.29) is 12.1 Å². The summed E-state index contributed by atoms with van der Waals surface area (Å²) >= 11 is 0. The highest BCUT2D eigenvalue weighted by atomic mass is 19.2. The molecule has 1 aliphatic rings. The van der Waals surface area contributed by atoms with Crippen molar-refractivity contribution in [1.82, 2.24) is 4.90 Å². The van der Waals surface area contributed by atoms with Crippen molar-refractivity contribution in [3.8, 4) is 0 Å². The highest BCUT2D eigenvalue weighted by Crippen LogP contribution is 2.39. The molecule has 7 heteroatoms. The normalized spacial score (nSPS) is 19.9. The number of hydrogen-bond acceptors (Lipinski definition) is 4.